The van der Waals surface area contributed by atoms with Gasteiger partial charge in [0.05, 0.1) is 0 Å². The molecule has 0 bridgehead atoms. The van der Waals surface area contributed by atoms with Crippen LogP contribution >= 0.6 is 0 Å². The van der Waals surface area contributed by atoms with Crippen LogP contribution in [0.3, 0.4) is 0 Å². The van der Waals surface area contributed by atoms with Crippen molar-refractivity contribution in [3.8, 4) is 0 Å². The molecule has 0 aliphatic carbocycles. The third-order valence-corrected chi connectivity index (χ3v) is 3.43. The normalized spacial score (nSPS) is 10.0. The van der Waals surface area contributed by atoms with Crippen LogP contribution in [-0.2, 0) is 6.54 Å². The molecule has 4 heteroatoms. The molecule has 0 radical (unpaired) electrons. The minimum atomic E-state index is -0.210. The molecule has 5 N–H and O–H groups in total. The van der Waals surface area contributed by atoms with Crippen LogP contribution in [0.5, 0.6) is 0 Å². The van der Waals surface area contributed by atoms with Crippen molar-refractivity contribution in [1.82, 2.24) is 0 Å². The van der Waals surface area contributed by atoms with Crippen molar-refractivity contribution >= 4 is 29.4 Å². The molecule has 112 valence electrons. The monoisotopic (exact) mass is 293 g/mol. The molecule has 4 nitrogen and oxygen atoms in total. The molecule has 0 saturated heterocycles. The fraction of sp³-hybridized carbons (Fsp3) is 0.0556. The zero-order valence-electron chi connectivity index (χ0n) is 12.3. The van der Waals surface area contributed by atoms with Crippen LogP contribution in [0.1, 0.15) is 27.0 Å². The largest absolute Gasteiger partial charge is 0.399 e. The van der Waals surface area contributed by atoms with Gasteiger partial charge in [-0.25, -0.2) is 0 Å². The summed E-state index contributed by atoms with van der Waals surface area (Å²) in [5.41, 5.74) is 15.8. The van der Waals surface area contributed by atoms with Gasteiger partial charge in [-0.2, -0.15) is 0 Å². The molecule has 0 saturated carbocycles. The van der Waals surface area contributed by atoms with Gasteiger partial charge in [-0.3, -0.25) is 4.79 Å². The molecule has 0 unspecified atom stereocenters. The van der Waals surface area contributed by atoms with Gasteiger partial charge in [0, 0.05) is 29.0 Å². The Labute approximate surface area is 130 Å². The van der Waals surface area contributed by atoms with Gasteiger partial charge in [0.15, 0.2) is 0 Å². The van der Waals surface area contributed by atoms with Crippen molar-refractivity contribution in [3.05, 3.63) is 71.8 Å². The second-order valence-corrected chi connectivity index (χ2v) is 4.79. The van der Waals surface area contributed by atoms with Crippen molar-refractivity contribution in [1.29, 1.82) is 0 Å². The smallest absolute Gasteiger partial charge is 0.255 e. The van der Waals surface area contributed by atoms with E-state index in [0.29, 0.717) is 23.5 Å². The molecule has 2 aromatic carbocycles. The van der Waals surface area contributed by atoms with Gasteiger partial charge in [0.1, 0.15) is 0 Å². The summed E-state index contributed by atoms with van der Waals surface area (Å²) in [5.74, 6) is -0.210. The number of nitrogens with one attached hydrogen (secondary N) is 1. The standard InChI is InChI=1S/C18H19N3O/c1-3-15-13(11-19)7-10-17(16(15)4-2)21-18(22)12-5-8-14(20)9-6-12/h3-10H,1-2,11,19-20H2,(H,21,22). The molecule has 1 amide bonds. The van der Waals surface area contributed by atoms with Gasteiger partial charge in [0.25, 0.3) is 5.91 Å². The van der Waals surface area contributed by atoms with Crippen molar-refractivity contribution < 1.29 is 4.79 Å². The highest BCUT2D eigenvalue weighted by Gasteiger charge is 2.12. The van der Waals surface area contributed by atoms with Crippen LogP contribution in [0.4, 0.5) is 11.4 Å². The van der Waals surface area contributed by atoms with E-state index in [-0.39, 0.29) is 5.91 Å². The SMILES string of the molecule is C=Cc1c(CN)ccc(NC(=O)c2ccc(N)cc2)c1C=C. The highest BCUT2D eigenvalue weighted by atomic mass is 16.1. The average molecular weight is 293 g/mol. The number of carbonyl (C=O) groups is 1. The van der Waals surface area contributed by atoms with Crippen molar-refractivity contribution in [2.45, 2.75) is 6.54 Å². The first-order chi connectivity index (χ1) is 10.6. The number of carbonyl (C=O) groups excluding carboxylic acids is 1. The van der Waals surface area contributed by atoms with Gasteiger partial charge >= 0.3 is 0 Å². The molecule has 0 aliphatic heterocycles. The molecular formula is C18H19N3O. The van der Waals surface area contributed by atoms with E-state index in [4.69, 9.17) is 11.5 Å². The van der Waals surface area contributed by atoms with E-state index in [1.54, 1.807) is 36.4 Å². The number of amides is 1. The fourth-order valence-electron chi connectivity index (χ4n) is 2.26. The molecule has 0 fully saturated rings. The van der Waals surface area contributed by atoms with Crippen molar-refractivity contribution in [3.63, 3.8) is 0 Å². The second kappa shape index (κ2) is 6.74. The zero-order valence-corrected chi connectivity index (χ0v) is 12.3. The van der Waals surface area contributed by atoms with E-state index in [2.05, 4.69) is 18.5 Å². The van der Waals surface area contributed by atoms with E-state index in [1.807, 2.05) is 12.1 Å². The summed E-state index contributed by atoms with van der Waals surface area (Å²) in [6.07, 6.45) is 3.41. The van der Waals surface area contributed by atoms with Crippen LogP contribution in [0, 0.1) is 0 Å². The third kappa shape index (κ3) is 3.07. The Balaban J connectivity index is 2.37. The van der Waals surface area contributed by atoms with Gasteiger partial charge in [0.2, 0.25) is 0 Å². The molecule has 0 aromatic heterocycles. The molecule has 2 aromatic rings. The highest BCUT2D eigenvalue weighted by Crippen LogP contribution is 2.26. The van der Waals surface area contributed by atoms with Crippen LogP contribution in [0.2, 0.25) is 0 Å². The number of anilines is 2. The maximum Gasteiger partial charge on any atom is 0.255 e. The lowest BCUT2D eigenvalue weighted by Crippen LogP contribution is -2.14. The number of hydrogen-bond donors (Lipinski definition) is 3. The molecule has 22 heavy (non-hydrogen) atoms. The van der Waals surface area contributed by atoms with Gasteiger partial charge in [-0.05, 0) is 41.5 Å². The molecule has 2 rings (SSSR count). The Morgan fingerprint density at radius 3 is 2.23 bits per heavy atom. The predicted octanol–water partition coefficient (Wildman–Crippen LogP) is 3.27. The lowest BCUT2D eigenvalue weighted by atomic mass is 9.98. The lowest BCUT2D eigenvalue weighted by Gasteiger charge is -2.14. The number of nitrogen functional groups attached to an aromatic ring is 1. The first kappa shape index (κ1) is 15.5. The van der Waals surface area contributed by atoms with Crippen LogP contribution in [0.15, 0.2) is 49.6 Å². The number of benzene rings is 2. The van der Waals surface area contributed by atoms with E-state index in [1.165, 1.54) is 0 Å². The van der Waals surface area contributed by atoms with Crippen molar-refractivity contribution in [2.75, 3.05) is 11.1 Å². The maximum atomic E-state index is 12.3. The Kier molecular flexibility index (Phi) is 4.76. The summed E-state index contributed by atoms with van der Waals surface area (Å²) in [6, 6.07) is 10.4. The third-order valence-electron chi connectivity index (χ3n) is 3.43. The van der Waals surface area contributed by atoms with Gasteiger partial charge in [-0.15, -0.1) is 0 Å². The van der Waals surface area contributed by atoms with E-state index in [0.717, 1.165) is 16.7 Å². The van der Waals surface area contributed by atoms with Crippen LogP contribution < -0.4 is 16.8 Å². The van der Waals surface area contributed by atoms with Crippen molar-refractivity contribution in [2.24, 2.45) is 5.73 Å². The highest BCUT2D eigenvalue weighted by molar-refractivity contribution is 6.05. The Morgan fingerprint density at radius 2 is 1.68 bits per heavy atom. The summed E-state index contributed by atoms with van der Waals surface area (Å²) in [6.45, 7) is 8.01. The lowest BCUT2D eigenvalue weighted by molar-refractivity contribution is 0.102. The average Bonchev–Trinajstić information content (AvgIpc) is 2.54. The van der Waals surface area contributed by atoms with Crippen LogP contribution in [-0.4, -0.2) is 5.91 Å². The second-order valence-electron chi connectivity index (χ2n) is 4.79. The van der Waals surface area contributed by atoms with Gasteiger partial charge < -0.3 is 16.8 Å². The molecule has 0 spiro atoms. The minimum Gasteiger partial charge on any atom is -0.399 e. The topological polar surface area (TPSA) is 81.1 Å². The van der Waals surface area contributed by atoms with E-state index < -0.39 is 0 Å². The first-order valence-electron chi connectivity index (χ1n) is 6.88. The number of rotatable bonds is 5. The molecule has 0 aliphatic rings. The zero-order chi connectivity index (χ0) is 16.1. The number of nitrogens with two attached hydrogens (primary N) is 2. The Morgan fingerprint density at radius 1 is 1.05 bits per heavy atom. The summed E-state index contributed by atoms with van der Waals surface area (Å²) in [4.78, 5) is 12.3. The number of hydrogen-bond acceptors (Lipinski definition) is 3. The van der Waals surface area contributed by atoms with Crippen LogP contribution in [0.25, 0.3) is 12.2 Å². The summed E-state index contributed by atoms with van der Waals surface area (Å²) in [7, 11) is 0. The van der Waals surface area contributed by atoms with Gasteiger partial charge in [-0.1, -0.05) is 31.4 Å². The quantitative estimate of drug-likeness (QED) is 0.740. The summed E-state index contributed by atoms with van der Waals surface area (Å²) >= 11 is 0. The molecule has 0 atom stereocenters. The summed E-state index contributed by atoms with van der Waals surface area (Å²) in [5, 5.41) is 2.88. The first-order valence-corrected chi connectivity index (χ1v) is 6.88. The maximum absolute atomic E-state index is 12.3. The Hall–Kier alpha value is -2.85. The van der Waals surface area contributed by atoms with E-state index in [9.17, 15) is 4.79 Å². The predicted molar refractivity (Wildman–Crippen MR) is 93.3 cm³/mol. The molecule has 0 heterocycles. The fourth-order valence-corrected chi connectivity index (χ4v) is 2.26. The molecular weight excluding hydrogens is 274 g/mol. The summed E-state index contributed by atoms with van der Waals surface area (Å²) < 4.78 is 0. The Bertz CT molecular complexity index is 718. The minimum absolute atomic E-state index is 0.210. The van der Waals surface area contributed by atoms with E-state index >= 15 is 0 Å².